The highest BCUT2D eigenvalue weighted by Crippen LogP contribution is 2.21. The lowest BCUT2D eigenvalue weighted by atomic mass is 10.2. The Morgan fingerprint density at radius 1 is 1.29 bits per heavy atom. The van der Waals surface area contributed by atoms with Crippen LogP contribution in [-0.2, 0) is 9.53 Å². The summed E-state index contributed by atoms with van der Waals surface area (Å²) in [6, 6.07) is 6.39. The van der Waals surface area contributed by atoms with Crippen molar-refractivity contribution in [3.05, 3.63) is 34.9 Å². The fourth-order valence-electron chi connectivity index (χ4n) is 1.35. The maximum atomic E-state index is 12.0. The monoisotopic (exact) mass is 369 g/mol. The second-order valence-corrected chi connectivity index (χ2v) is 6.58. The lowest BCUT2D eigenvalue weighted by Crippen LogP contribution is -2.37. The minimum Gasteiger partial charge on any atom is -0.465 e. The summed E-state index contributed by atoms with van der Waals surface area (Å²) in [7, 11) is 0. The van der Waals surface area contributed by atoms with Crippen molar-refractivity contribution >= 4 is 58.4 Å². The van der Waals surface area contributed by atoms with Crippen LogP contribution in [-0.4, -0.2) is 34.4 Å². The summed E-state index contributed by atoms with van der Waals surface area (Å²) in [6.45, 7) is 2.01. The molecule has 0 fully saturated rings. The number of alkyl halides is 2. The zero-order chi connectivity index (χ0) is 15.8. The average Bonchev–Trinajstić information content (AvgIpc) is 2.43. The third-order valence-electron chi connectivity index (χ3n) is 2.29. The Morgan fingerprint density at radius 2 is 1.90 bits per heavy atom. The number of thioether (sulfide) groups is 1. The molecular weight excluding hydrogens is 357 g/mol. The molecule has 1 atom stereocenters. The number of benzene rings is 1. The van der Waals surface area contributed by atoms with E-state index in [9.17, 15) is 9.59 Å². The summed E-state index contributed by atoms with van der Waals surface area (Å²) in [4.78, 5) is 22.5. The van der Waals surface area contributed by atoms with Gasteiger partial charge in [0, 0.05) is 10.6 Å². The normalized spacial score (nSPS) is 12.0. The van der Waals surface area contributed by atoms with E-state index in [1.54, 1.807) is 31.2 Å². The number of rotatable bonds is 7. The summed E-state index contributed by atoms with van der Waals surface area (Å²) in [5, 5.41) is 2.57. The van der Waals surface area contributed by atoms with Crippen molar-refractivity contribution in [2.24, 2.45) is 0 Å². The Kier molecular flexibility index (Phi) is 8.26. The Balaban J connectivity index is 2.59. The van der Waals surface area contributed by atoms with E-state index in [1.165, 1.54) is 0 Å². The van der Waals surface area contributed by atoms with Gasteiger partial charge >= 0.3 is 5.97 Å². The van der Waals surface area contributed by atoms with Gasteiger partial charge in [-0.25, -0.2) is 0 Å². The first kappa shape index (κ1) is 18.4. The number of ether oxygens (including phenoxy) is 1. The molecule has 0 heterocycles. The summed E-state index contributed by atoms with van der Waals surface area (Å²) >= 11 is 18.5. The molecule has 0 aromatic heterocycles. The van der Waals surface area contributed by atoms with Crippen LogP contribution >= 0.6 is 46.6 Å². The number of amides is 1. The molecule has 0 bridgehead atoms. The fraction of sp³-hybridized carbons (Fsp3) is 0.385. The molecule has 4 nitrogen and oxygen atoms in total. The zero-order valence-electron chi connectivity index (χ0n) is 11.1. The third-order valence-corrected chi connectivity index (χ3v) is 4.50. The van der Waals surface area contributed by atoms with Gasteiger partial charge in [-0.2, -0.15) is 0 Å². The highest BCUT2D eigenvalue weighted by Gasteiger charge is 2.22. The number of hydrogen-bond donors (Lipinski definition) is 1. The molecule has 8 heteroatoms. The van der Waals surface area contributed by atoms with Crippen LogP contribution in [0.5, 0.6) is 0 Å². The molecule has 116 valence electrons. The fourth-order valence-corrected chi connectivity index (χ4v) is 2.77. The summed E-state index contributed by atoms with van der Waals surface area (Å²) < 4.78 is 4.80. The van der Waals surface area contributed by atoms with E-state index in [4.69, 9.17) is 39.5 Å². The second kappa shape index (κ2) is 9.41. The number of esters is 1. The minimum absolute atomic E-state index is 0.0509. The number of hydrogen-bond acceptors (Lipinski definition) is 4. The Bertz CT molecular complexity index is 482. The average molecular weight is 371 g/mol. The molecule has 0 saturated carbocycles. The van der Waals surface area contributed by atoms with Crippen molar-refractivity contribution in [1.29, 1.82) is 0 Å². The summed E-state index contributed by atoms with van der Waals surface area (Å²) in [6.07, 6.45) is 0. The number of halogens is 3. The van der Waals surface area contributed by atoms with E-state index >= 15 is 0 Å². The van der Waals surface area contributed by atoms with Crippen LogP contribution in [0.4, 0.5) is 0 Å². The largest absolute Gasteiger partial charge is 0.465 e. The van der Waals surface area contributed by atoms with Gasteiger partial charge in [-0.1, -0.05) is 11.6 Å². The van der Waals surface area contributed by atoms with Gasteiger partial charge in [0.15, 0.2) is 0 Å². The molecule has 1 amide bonds. The molecule has 0 aliphatic rings. The summed E-state index contributed by atoms with van der Waals surface area (Å²) in [5.74, 6) is -0.684. The van der Waals surface area contributed by atoms with Gasteiger partial charge in [-0.15, -0.1) is 35.0 Å². The highest BCUT2D eigenvalue weighted by molar-refractivity contribution is 8.00. The van der Waals surface area contributed by atoms with Crippen LogP contribution in [0.25, 0.3) is 0 Å². The maximum Gasteiger partial charge on any atom is 0.315 e. The van der Waals surface area contributed by atoms with Crippen LogP contribution in [0.3, 0.4) is 0 Å². The smallest absolute Gasteiger partial charge is 0.315 e. The van der Waals surface area contributed by atoms with Gasteiger partial charge in [-0.3, -0.25) is 9.59 Å². The van der Waals surface area contributed by atoms with Gasteiger partial charge in [0.05, 0.1) is 12.4 Å². The predicted molar refractivity (Wildman–Crippen MR) is 87.3 cm³/mol. The third kappa shape index (κ3) is 6.78. The molecule has 1 rings (SSSR count). The topological polar surface area (TPSA) is 55.4 Å². The van der Waals surface area contributed by atoms with E-state index in [2.05, 4.69) is 5.32 Å². The van der Waals surface area contributed by atoms with E-state index in [0.717, 1.165) is 11.8 Å². The Hall–Kier alpha value is -0.620. The van der Waals surface area contributed by atoms with Crippen molar-refractivity contribution in [2.45, 2.75) is 17.1 Å². The van der Waals surface area contributed by atoms with Crippen LogP contribution in [0, 0.1) is 0 Å². The zero-order valence-corrected chi connectivity index (χ0v) is 14.2. The first-order valence-electron chi connectivity index (χ1n) is 6.05. The molecule has 0 unspecified atom stereocenters. The van der Waals surface area contributed by atoms with Crippen LogP contribution in [0.1, 0.15) is 17.3 Å². The second-order valence-electron chi connectivity index (χ2n) is 3.85. The molecule has 0 aliphatic heterocycles. The maximum absolute atomic E-state index is 12.0. The van der Waals surface area contributed by atoms with Crippen molar-refractivity contribution in [3.63, 3.8) is 0 Å². The van der Waals surface area contributed by atoms with E-state index in [-0.39, 0.29) is 17.6 Å². The first-order chi connectivity index (χ1) is 9.93. The van der Waals surface area contributed by atoms with Crippen LogP contribution in [0.15, 0.2) is 24.3 Å². The molecule has 0 saturated heterocycles. The van der Waals surface area contributed by atoms with Crippen molar-refractivity contribution < 1.29 is 14.3 Å². The van der Waals surface area contributed by atoms with E-state index in [0.29, 0.717) is 17.2 Å². The van der Waals surface area contributed by atoms with Crippen LogP contribution in [0.2, 0.25) is 5.02 Å². The van der Waals surface area contributed by atoms with E-state index < -0.39 is 10.2 Å². The number of carbonyl (C=O) groups is 2. The Labute approximate surface area is 142 Å². The quantitative estimate of drug-likeness (QED) is 0.453. The molecule has 1 aromatic rings. The lowest BCUT2D eigenvalue weighted by molar-refractivity contribution is -0.139. The predicted octanol–water partition coefficient (Wildman–Crippen LogP) is 3.50. The molecule has 1 N–H and O–H groups in total. The molecule has 21 heavy (non-hydrogen) atoms. The van der Waals surface area contributed by atoms with Gasteiger partial charge < -0.3 is 10.1 Å². The first-order valence-corrected chi connectivity index (χ1v) is 8.35. The van der Waals surface area contributed by atoms with Gasteiger partial charge in [0.2, 0.25) is 0 Å². The van der Waals surface area contributed by atoms with E-state index in [1.807, 2.05) is 0 Å². The SMILES string of the molecule is CCOC(=O)CS[C@@H](NC(=O)c1ccc(Cl)cc1)C(Cl)Cl. The van der Waals surface area contributed by atoms with Crippen LogP contribution < -0.4 is 5.32 Å². The van der Waals surface area contributed by atoms with Gasteiger partial charge in [0.1, 0.15) is 10.2 Å². The van der Waals surface area contributed by atoms with Gasteiger partial charge in [0.25, 0.3) is 5.91 Å². The van der Waals surface area contributed by atoms with Gasteiger partial charge in [-0.05, 0) is 31.2 Å². The van der Waals surface area contributed by atoms with Crippen molar-refractivity contribution in [1.82, 2.24) is 5.32 Å². The van der Waals surface area contributed by atoms with Crippen molar-refractivity contribution in [2.75, 3.05) is 12.4 Å². The molecule has 0 radical (unpaired) electrons. The standard InChI is InChI=1S/C13H14Cl3NO3S/c1-2-20-10(18)7-21-13(11(15)16)17-12(19)8-3-5-9(14)6-4-8/h3-6,11,13H,2,7H2,1H3,(H,17,19)/t13-/m1/s1. The molecule has 0 spiro atoms. The highest BCUT2D eigenvalue weighted by atomic mass is 35.5. The Morgan fingerprint density at radius 3 is 2.43 bits per heavy atom. The minimum atomic E-state index is -0.860. The molecular formula is C13H14Cl3NO3S. The lowest BCUT2D eigenvalue weighted by Gasteiger charge is -2.18. The summed E-state index contributed by atoms with van der Waals surface area (Å²) in [5.41, 5.74) is 0.426. The number of carbonyl (C=O) groups excluding carboxylic acids is 2. The number of nitrogens with one attached hydrogen (secondary N) is 1. The molecule has 0 aliphatic carbocycles. The van der Waals surface area contributed by atoms with Crippen molar-refractivity contribution in [3.8, 4) is 0 Å². The molecule has 1 aromatic carbocycles.